The molecule has 1 saturated heterocycles. The largest absolute Gasteiger partial charge is 0.373 e. The van der Waals surface area contributed by atoms with Gasteiger partial charge in [0, 0.05) is 26.2 Å². The maximum absolute atomic E-state index is 12.1. The summed E-state index contributed by atoms with van der Waals surface area (Å²) in [7, 11) is -3.41. The van der Waals surface area contributed by atoms with Crippen molar-refractivity contribution >= 4 is 21.4 Å². The first-order chi connectivity index (χ1) is 11.9. The van der Waals surface area contributed by atoms with Crippen LogP contribution in [0, 0.1) is 0 Å². The Hall–Kier alpha value is -1.25. The SMILES string of the molecule is CC1CN(Cc2ccc(CNS(=O)(=O)c3cccs3)cc2)CC(C)O1. The number of ether oxygens (including phenoxy) is 1. The van der Waals surface area contributed by atoms with E-state index >= 15 is 0 Å². The molecular weight excluding hydrogens is 356 g/mol. The fourth-order valence-corrected chi connectivity index (χ4v) is 5.16. The molecule has 5 nitrogen and oxygen atoms in total. The van der Waals surface area contributed by atoms with Crippen molar-refractivity contribution in [3.8, 4) is 0 Å². The number of thiophene rings is 1. The Labute approximate surface area is 153 Å². The van der Waals surface area contributed by atoms with E-state index in [9.17, 15) is 8.42 Å². The van der Waals surface area contributed by atoms with E-state index in [1.807, 2.05) is 12.1 Å². The molecule has 2 heterocycles. The van der Waals surface area contributed by atoms with Crippen molar-refractivity contribution in [1.82, 2.24) is 9.62 Å². The van der Waals surface area contributed by atoms with Crippen LogP contribution >= 0.6 is 11.3 Å². The fraction of sp³-hybridized carbons (Fsp3) is 0.444. The highest BCUT2D eigenvalue weighted by Gasteiger charge is 2.22. The first kappa shape index (κ1) is 18.5. The molecule has 0 radical (unpaired) electrons. The molecule has 1 N–H and O–H groups in total. The van der Waals surface area contributed by atoms with Gasteiger partial charge in [-0.1, -0.05) is 30.3 Å². The Balaban J connectivity index is 1.55. The lowest BCUT2D eigenvalue weighted by molar-refractivity contribution is -0.0704. The summed E-state index contributed by atoms with van der Waals surface area (Å²) in [4.78, 5) is 2.40. The number of rotatable bonds is 6. The summed E-state index contributed by atoms with van der Waals surface area (Å²) in [6, 6.07) is 11.5. The molecule has 1 fully saturated rings. The lowest BCUT2D eigenvalue weighted by Gasteiger charge is -2.35. The maximum Gasteiger partial charge on any atom is 0.250 e. The molecule has 0 aliphatic carbocycles. The lowest BCUT2D eigenvalue weighted by atomic mass is 10.1. The molecule has 2 atom stereocenters. The Kier molecular flexibility index (Phi) is 5.91. The molecule has 1 aliphatic heterocycles. The van der Waals surface area contributed by atoms with Crippen LogP contribution in [0.15, 0.2) is 46.0 Å². The highest BCUT2D eigenvalue weighted by Crippen LogP contribution is 2.17. The van der Waals surface area contributed by atoms with E-state index in [0.29, 0.717) is 10.8 Å². The molecule has 25 heavy (non-hydrogen) atoms. The number of hydrogen-bond donors (Lipinski definition) is 1. The Morgan fingerprint density at radius 3 is 2.36 bits per heavy atom. The van der Waals surface area contributed by atoms with Gasteiger partial charge >= 0.3 is 0 Å². The van der Waals surface area contributed by atoms with Gasteiger partial charge in [0.05, 0.1) is 12.2 Å². The molecule has 1 aromatic carbocycles. The quantitative estimate of drug-likeness (QED) is 0.837. The standard InChI is InChI=1S/C18H24N2O3S2/c1-14-11-20(12-15(2)23-14)13-17-7-5-16(6-8-17)10-19-25(21,22)18-4-3-9-24-18/h3-9,14-15,19H,10-13H2,1-2H3. The summed E-state index contributed by atoms with van der Waals surface area (Å²) < 4.78 is 33.0. The van der Waals surface area contributed by atoms with Crippen molar-refractivity contribution in [2.45, 2.75) is 43.4 Å². The molecule has 0 spiro atoms. The zero-order valence-corrected chi connectivity index (χ0v) is 16.1. The summed E-state index contributed by atoms with van der Waals surface area (Å²) >= 11 is 1.22. The molecule has 3 rings (SSSR count). The molecule has 1 aromatic heterocycles. The monoisotopic (exact) mass is 380 g/mol. The second-order valence-corrected chi connectivity index (χ2v) is 9.47. The smallest absolute Gasteiger partial charge is 0.250 e. The summed E-state index contributed by atoms with van der Waals surface area (Å²) in [5.41, 5.74) is 2.18. The van der Waals surface area contributed by atoms with Crippen LogP contribution in [0.4, 0.5) is 0 Å². The van der Waals surface area contributed by atoms with Crippen LogP contribution in [0.5, 0.6) is 0 Å². The summed E-state index contributed by atoms with van der Waals surface area (Å²) in [6.45, 7) is 7.27. The van der Waals surface area contributed by atoms with Crippen LogP contribution < -0.4 is 4.72 Å². The number of hydrogen-bond acceptors (Lipinski definition) is 5. The normalized spacial score (nSPS) is 22.2. The van der Waals surface area contributed by atoms with Gasteiger partial charge in [0.2, 0.25) is 10.0 Å². The van der Waals surface area contributed by atoms with Gasteiger partial charge in [0.1, 0.15) is 4.21 Å². The van der Waals surface area contributed by atoms with Crippen LogP contribution in [0.1, 0.15) is 25.0 Å². The van der Waals surface area contributed by atoms with E-state index in [1.165, 1.54) is 16.9 Å². The number of nitrogens with zero attached hydrogens (tertiary/aromatic N) is 1. The van der Waals surface area contributed by atoms with E-state index in [2.05, 4.69) is 35.6 Å². The minimum absolute atomic E-state index is 0.259. The Bertz CT molecular complexity index is 763. The van der Waals surface area contributed by atoms with E-state index in [-0.39, 0.29) is 12.2 Å². The molecule has 1 aliphatic rings. The van der Waals surface area contributed by atoms with Gasteiger partial charge in [-0.05, 0) is 36.4 Å². The van der Waals surface area contributed by atoms with Gasteiger partial charge in [0.15, 0.2) is 0 Å². The van der Waals surface area contributed by atoms with E-state index in [1.54, 1.807) is 17.5 Å². The second kappa shape index (κ2) is 7.97. The number of sulfonamides is 1. The molecule has 0 amide bonds. The van der Waals surface area contributed by atoms with Crippen molar-refractivity contribution in [3.63, 3.8) is 0 Å². The van der Waals surface area contributed by atoms with Gasteiger partial charge < -0.3 is 4.74 Å². The fourth-order valence-electron chi connectivity index (χ4n) is 3.10. The predicted molar refractivity (Wildman–Crippen MR) is 100 cm³/mol. The topological polar surface area (TPSA) is 58.6 Å². The van der Waals surface area contributed by atoms with Crippen LogP contribution in [0.2, 0.25) is 0 Å². The first-order valence-corrected chi connectivity index (χ1v) is 10.8. The molecule has 136 valence electrons. The van der Waals surface area contributed by atoms with Crippen molar-refractivity contribution in [2.75, 3.05) is 13.1 Å². The van der Waals surface area contributed by atoms with E-state index in [4.69, 9.17) is 4.74 Å². The highest BCUT2D eigenvalue weighted by molar-refractivity contribution is 7.91. The van der Waals surface area contributed by atoms with Gasteiger partial charge in [0.25, 0.3) is 0 Å². The minimum atomic E-state index is -3.41. The van der Waals surface area contributed by atoms with Crippen molar-refractivity contribution in [2.24, 2.45) is 0 Å². The molecular formula is C18H24N2O3S2. The average molecular weight is 381 g/mol. The molecule has 0 bridgehead atoms. The molecule has 2 aromatic rings. The summed E-state index contributed by atoms with van der Waals surface area (Å²) in [5, 5.41) is 1.76. The third-order valence-corrected chi connectivity index (χ3v) is 6.95. The van der Waals surface area contributed by atoms with Gasteiger partial charge in [-0.2, -0.15) is 0 Å². The highest BCUT2D eigenvalue weighted by atomic mass is 32.2. The maximum atomic E-state index is 12.1. The predicted octanol–water partition coefficient (Wildman–Crippen LogP) is 2.84. The van der Waals surface area contributed by atoms with Crippen LogP contribution in [-0.2, 0) is 27.8 Å². The van der Waals surface area contributed by atoms with E-state index in [0.717, 1.165) is 25.2 Å². The number of benzene rings is 1. The average Bonchev–Trinajstić information content (AvgIpc) is 3.09. The van der Waals surface area contributed by atoms with Crippen LogP contribution in [-0.4, -0.2) is 38.6 Å². The van der Waals surface area contributed by atoms with E-state index < -0.39 is 10.0 Å². The summed E-state index contributed by atoms with van der Waals surface area (Å²) in [6.07, 6.45) is 0.518. The van der Waals surface area contributed by atoms with Gasteiger partial charge in [-0.15, -0.1) is 11.3 Å². The van der Waals surface area contributed by atoms with Crippen molar-refractivity contribution < 1.29 is 13.2 Å². The third kappa shape index (κ3) is 5.12. The molecule has 0 saturated carbocycles. The van der Waals surface area contributed by atoms with Crippen LogP contribution in [0.25, 0.3) is 0 Å². The number of nitrogens with one attached hydrogen (secondary N) is 1. The zero-order chi connectivity index (χ0) is 17.9. The number of morpholine rings is 1. The van der Waals surface area contributed by atoms with Gasteiger partial charge in [-0.25, -0.2) is 13.1 Å². The van der Waals surface area contributed by atoms with Crippen LogP contribution in [0.3, 0.4) is 0 Å². The van der Waals surface area contributed by atoms with Gasteiger partial charge in [-0.3, -0.25) is 4.90 Å². The molecule has 7 heteroatoms. The first-order valence-electron chi connectivity index (χ1n) is 8.41. The lowest BCUT2D eigenvalue weighted by Crippen LogP contribution is -2.44. The summed E-state index contributed by atoms with van der Waals surface area (Å²) in [5.74, 6) is 0. The van der Waals surface area contributed by atoms with Crippen molar-refractivity contribution in [1.29, 1.82) is 0 Å². The second-order valence-electron chi connectivity index (χ2n) is 6.52. The Morgan fingerprint density at radius 2 is 1.76 bits per heavy atom. The minimum Gasteiger partial charge on any atom is -0.373 e. The van der Waals surface area contributed by atoms with Crippen molar-refractivity contribution in [3.05, 3.63) is 52.9 Å². The molecule has 2 unspecified atom stereocenters. The zero-order valence-electron chi connectivity index (χ0n) is 14.5. The Morgan fingerprint density at radius 1 is 1.12 bits per heavy atom. The third-order valence-electron chi connectivity index (χ3n) is 4.15.